The number of carboxylic acid groups (broad SMARTS) is 1. The number of aromatic nitrogens is 1. The molecule has 0 spiro atoms. The van der Waals surface area contributed by atoms with E-state index in [1.165, 1.54) is 11.3 Å². The molecule has 6 heteroatoms. The van der Waals surface area contributed by atoms with Gasteiger partial charge in [0, 0.05) is 10.4 Å². The fraction of sp³-hybridized carbons (Fsp3) is 0.231. The Hall–Kier alpha value is -2.08. The van der Waals surface area contributed by atoms with Crippen molar-refractivity contribution >= 4 is 17.3 Å². The van der Waals surface area contributed by atoms with Crippen LogP contribution in [0.3, 0.4) is 0 Å². The van der Waals surface area contributed by atoms with Crippen LogP contribution in [-0.2, 0) is 11.2 Å². The number of fused-ring (bicyclic) bond motifs is 1. The summed E-state index contributed by atoms with van der Waals surface area (Å²) in [5.41, 5.74) is 3.20. The van der Waals surface area contributed by atoms with Gasteiger partial charge in [0.15, 0.2) is 11.5 Å². The zero-order valence-electron chi connectivity index (χ0n) is 9.96. The molecule has 2 aromatic rings. The number of nitrogens with zero attached hydrogens (tertiary/aromatic N) is 1. The van der Waals surface area contributed by atoms with Crippen LogP contribution in [0.1, 0.15) is 4.88 Å². The molecule has 0 atom stereocenters. The number of carboxylic acids is 1. The molecule has 0 radical (unpaired) electrons. The third kappa shape index (κ3) is 2.39. The highest BCUT2D eigenvalue weighted by atomic mass is 32.1. The number of hydrogen-bond donors (Lipinski definition) is 1. The van der Waals surface area contributed by atoms with Crippen molar-refractivity contribution in [3.05, 3.63) is 28.6 Å². The maximum absolute atomic E-state index is 10.8. The van der Waals surface area contributed by atoms with Crippen LogP contribution < -0.4 is 9.47 Å². The van der Waals surface area contributed by atoms with E-state index in [1.807, 2.05) is 18.2 Å². The van der Waals surface area contributed by atoms with Gasteiger partial charge >= 0.3 is 5.97 Å². The van der Waals surface area contributed by atoms with E-state index in [9.17, 15) is 4.79 Å². The van der Waals surface area contributed by atoms with Crippen LogP contribution in [0.5, 0.6) is 11.5 Å². The topological polar surface area (TPSA) is 68.7 Å². The van der Waals surface area contributed by atoms with E-state index < -0.39 is 5.97 Å². The lowest BCUT2D eigenvalue weighted by Crippen LogP contribution is -2.15. The molecule has 1 aliphatic rings. The van der Waals surface area contributed by atoms with Crippen molar-refractivity contribution < 1.29 is 19.4 Å². The zero-order valence-corrected chi connectivity index (χ0v) is 10.8. The minimum Gasteiger partial charge on any atom is -0.486 e. The Balaban J connectivity index is 1.98. The van der Waals surface area contributed by atoms with Crippen molar-refractivity contribution in [1.82, 2.24) is 4.98 Å². The molecule has 3 rings (SSSR count). The summed E-state index contributed by atoms with van der Waals surface area (Å²) in [7, 11) is 0. The molecule has 0 amide bonds. The number of rotatable bonds is 3. The predicted octanol–water partition coefficient (Wildman–Crippen LogP) is 2.21. The molecule has 0 saturated heterocycles. The highest BCUT2D eigenvalue weighted by Gasteiger charge is 2.16. The van der Waals surface area contributed by atoms with Crippen molar-refractivity contribution in [2.45, 2.75) is 6.42 Å². The Morgan fingerprint density at radius 3 is 2.89 bits per heavy atom. The summed E-state index contributed by atoms with van der Waals surface area (Å²) in [6.07, 6.45) is -0.0194. The van der Waals surface area contributed by atoms with Crippen LogP contribution in [0.4, 0.5) is 0 Å². The molecule has 2 heterocycles. The average molecular weight is 277 g/mol. The van der Waals surface area contributed by atoms with Crippen molar-refractivity contribution in [3.63, 3.8) is 0 Å². The largest absolute Gasteiger partial charge is 0.486 e. The second-order valence-electron chi connectivity index (χ2n) is 4.05. The molecule has 1 aromatic carbocycles. The Labute approximate surface area is 113 Å². The van der Waals surface area contributed by atoms with E-state index in [-0.39, 0.29) is 6.42 Å². The lowest BCUT2D eigenvalue weighted by molar-refractivity contribution is -0.136. The number of ether oxygens (including phenoxy) is 2. The normalized spacial score (nSPS) is 13.3. The first-order chi connectivity index (χ1) is 9.24. The Bertz CT molecular complexity index is 623. The van der Waals surface area contributed by atoms with Crippen molar-refractivity contribution in [1.29, 1.82) is 0 Å². The number of aliphatic carboxylic acids is 1. The minimum absolute atomic E-state index is 0.0194. The van der Waals surface area contributed by atoms with Gasteiger partial charge < -0.3 is 14.6 Å². The molecule has 0 aliphatic carbocycles. The summed E-state index contributed by atoms with van der Waals surface area (Å²) in [4.78, 5) is 15.8. The van der Waals surface area contributed by atoms with Gasteiger partial charge in [-0.3, -0.25) is 4.79 Å². The molecule has 0 bridgehead atoms. The van der Waals surface area contributed by atoms with E-state index in [4.69, 9.17) is 14.6 Å². The predicted molar refractivity (Wildman–Crippen MR) is 69.9 cm³/mol. The average Bonchev–Trinajstić information content (AvgIpc) is 2.85. The van der Waals surface area contributed by atoms with Crippen molar-refractivity contribution in [2.24, 2.45) is 0 Å². The van der Waals surface area contributed by atoms with Gasteiger partial charge in [-0.25, -0.2) is 4.98 Å². The smallest absolute Gasteiger partial charge is 0.308 e. The lowest BCUT2D eigenvalue weighted by atomic mass is 10.1. The highest BCUT2D eigenvalue weighted by molar-refractivity contribution is 7.10. The van der Waals surface area contributed by atoms with Crippen LogP contribution in [0.25, 0.3) is 11.3 Å². The van der Waals surface area contributed by atoms with Gasteiger partial charge in [0.1, 0.15) is 13.2 Å². The SMILES string of the molecule is O=C(O)Cc1scnc1-c1ccc2c(c1)OCCO2. The van der Waals surface area contributed by atoms with Crippen LogP contribution >= 0.6 is 11.3 Å². The second kappa shape index (κ2) is 4.89. The molecule has 1 N–H and O–H groups in total. The molecule has 98 valence electrons. The molecule has 0 saturated carbocycles. The van der Waals surface area contributed by atoms with E-state index in [1.54, 1.807) is 5.51 Å². The molecule has 0 fully saturated rings. The number of hydrogen-bond acceptors (Lipinski definition) is 5. The lowest BCUT2D eigenvalue weighted by Gasteiger charge is -2.18. The third-order valence-corrected chi connectivity index (χ3v) is 3.60. The van der Waals surface area contributed by atoms with E-state index >= 15 is 0 Å². The van der Waals surface area contributed by atoms with Gasteiger partial charge in [-0.2, -0.15) is 0 Å². The maximum atomic E-state index is 10.8. The first-order valence-electron chi connectivity index (χ1n) is 5.78. The fourth-order valence-corrected chi connectivity index (χ4v) is 2.73. The summed E-state index contributed by atoms with van der Waals surface area (Å²) >= 11 is 1.35. The van der Waals surface area contributed by atoms with Crippen molar-refractivity contribution in [3.8, 4) is 22.8 Å². The molecule has 5 nitrogen and oxygen atoms in total. The summed E-state index contributed by atoms with van der Waals surface area (Å²) < 4.78 is 11.0. The number of benzene rings is 1. The minimum atomic E-state index is -0.858. The zero-order chi connectivity index (χ0) is 13.2. The molecular weight excluding hydrogens is 266 g/mol. The first-order valence-corrected chi connectivity index (χ1v) is 6.66. The molecular formula is C13H11NO4S. The Morgan fingerprint density at radius 2 is 2.11 bits per heavy atom. The quantitative estimate of drug-likeness (QED) is 0.931. The summed E-state index contributed by atoms with van der Waals surface area (Å²) in [6, 6.07) is 5.54. The summed E-state index contributed by atoms with van der Waals surface area (Å²) in [6.45, 7) is 1.07. The van der Waals surface area contributed by atoms with Crippen LogP contribution in [-0.4, -0.2) is 29.3 Å². The van der Waals surface area contributed by atoms with Gasteiger partial charge in [0.05, 0.1) is 17.6 Å². The third-order valence-electron chi connectivity index (χ3n) is 2.77. The van der Waals surface area contributed by atoms with Gasteiger partial charge in [-0.15, -0.1) is 11.3 Å². The van der Waals surface area contributed by atoms with Crippen molar-refractivity contribution in [2.75, 3.05) is 13.2 Å². The van der Waals surface area contributed by atoms with Gasteiger partial charge in [-0.1, -0.05) is 0 Å². The Morgan fingerprint density at radius 1 is 1.32 bits per heavy atom. The summed E-state index contributed by atoms with van der Waals surface area (Å²) in [5, 5.41) is 8.88. The standard InChI is InChI=1S/C13H11NO4S/c15-12(16)6-11-13(14-7-19-11)8-1-2-9-10(5-8)18-4-3-17-9/h1-2,5,7H,3-4,6H2,(H,15,16). The molecule has 0 unspecified atom stereocenters. The fourth-order valence-electron chi connectivity index (χ4n) is 1.96. The first kappa shape index (κ1) is 12.0. The number of carbonyl (C=O) groups is 1. The molecule has 1 aliphatic heterocycles. The Kier molecular flexibility index (Phi) is 3.08. The monoisotopic (exact) mass is 277 g/mol. The molecule has 1 aromatic heterocycles. The van der Waals surface area contributed by atoms with E-state index in [0.29, 0.717) is 30.4 Å². The molecule has 19 heavy (non-hydrogen) atoms. The van der Waals surface area contributed by atoms with Gasteiger partial charge in [0.25, 0.3) is 0 Å². The summed E-state index contributed by atoms with van der Waals surface area (Å²) in [5.74, 6) is 0.533. The van der Waals surface area contributed by atoms with E-state index in [2.05, 4.69) is 4.98 Å². The number of thiazole rings is 1. The van der Waals surface area contributed by atoms with E-state index in [0.717, 1.165) is 10.4 Å². The maximum Gasteiger partial charge on any atom is 0.308 e. The van der Waals surface area contributed by atoms with Crippen LogP contribution in [0.15, 0.2) is 23.7 Å². The van der Waals surface area contributed by atoms with Crippen LogP contribution in [0, 0.1) is 0 Å². The van der Waals surface area contributed by atoms with Gasteiger partial charge in [-0.05, 0) is 18.2 Å². The van der Waals surface area contributed by atoms with Gasteiger partial charge in [0.2, 0.25) is 0 Å². The van der Waals surface area contributed by atoms with Crippen LogP contribution in [0.2, 0.25) is 0 Å². The second-order valence-corrected chi connectivity index (χ2v) is 4.99. The highest BCUT2D eigenvalue weighted by Crippen LogP contribution is 2.35.